The summed E-state index contributed by atoms with van der Waals surface area (Å²) in [5.74, 6) is 1.71. The Balaban J connectivity index is -0.0000000483. The molecule has 0 saturated heterocycles. The van der Waals surface area contributed by atoms with Crippen LogP contribution in [-0.2, 0) is 51.7 Å². The Labute approximate surface area is 324 Å². The molecule has 0 amide bonds. The predicted molar refractivity (Wildman–Crippen MR) is 206 cm³/mol. The fourth-order valence-corrected chi connectivity index (χ4v) is 2.59. The van der Waals surface area contributed by atoms with Gasteiger partial charge in [0.25, 0.3) is 0 Å². The average Bonchev–Trinajstić information content (AvgIpc) is 3.78. The molecule has 0 heterocycles. The van der Waals surface area contributed by atoms with Gasteiger partial charge in [-0.3, -0.25) is 0 Å². The maximum absolute atomic E-state index is 4.10. The monoisotopic (exact) mass is 973 g/mol. The first kappa shape index (κ1) is 68.0. The third kappa shape index (κ3) is 98.9. The standard InChI is InChI=1S/C8H16N.C8H13N.6C3H8N.CH3.2Hf/c2*1-9-7-6-8-4-2-3-5-8;6*1-3-4-2;;;/h8H,2-7H2,1H3;2-5,8-9H,6-7H2,1H3;6*3H2,1-2H3;1H3;;/q-1;;7*-1;2*+4. The van der Waals surface area contributed by atoms with Crippen molar-refractivity contribution in [3.8, 4) is 0 Å². The summed E-state index contributed by atoms with van der Waals surface area (Å²) in [4.78, 5) is 0. The van der Waals surface area contributed by atoms with Crippen molar-refractivity contribution in [2.45, 2.75) is 80.1 Å². The van der Waals surface area contributed by atoms with E-state index in [1.54, 1.807) is 42.3 Å². The van der Waals surface area contributed by atoms with Crippen molar-refractivity contribution in [2.24, 2.45) is 11.8 Å². The van der Waals surface area contributed by atoms with Crippen LogP contribution in [0.3, 0.4) is 0 Å². The minimum Gasteiger partial charge on any atom is -0.665 e. The number of nitrogens with one attached hydrogen (secondary N) is 1. The largest absolute Gasteiger partial charge is 4.00 e. The number of hydrogen-bond donors (Lipinski definition) is 1. The molecule has 1 saturated carbocycles. The molecule has 268 valence electrons. The van der Waals surface area contributed by atoms with Crippen molar-refractivity contribution in [1.82, 2.24) is 5.32 Å². The molecule has 45 heavy (non-hydrogen) atoms. The van der Waals surface area contributed by atoms with Crippen molar-refractivity contribution in [3.05, 3.63) is 68.9 Å². The van der Waals surface area contributed by atoms with Gasteiger partial charge in [-0.25, -0.2) is 0 Å². The quantitative estimate of drug-likeness (QED) is 0.153. The van der Waals surface area contributed by atoms with Gasteiger partial charge < -0.3 is 50.0 Å². The van der Waals surface area contributed by atoms with Gasteiger partial charge in [0.1, 0.15) is 0 Å². The number of rotatable bonds is 12. The summed E-state index contributed by atoms with van der Waals surface area (Å²) in [5, 5.41) is 29.6. The van der Waals surface area contributed by atoms with Gasteiger partial charge in [-0.1, -0.05) is 98.0 Å². The van der Waals surface area contributed by atoms with Crippen molar-refractivity contribution in [2.75, 3.05) is 109 Å². The molecule has 0 spiro atoms. The fourth-order valence-electron chi connectivity index (χ4n) is 2.59. The first-order chi connectivity index (χ1) is 20.3. The summed E-state index contributed by atoms with van der Waals surface area (Å²) in [6.45, 7) is 19.9. The third-order valence-electron chi connectivity index (χ3n) is 5.69. The van der Waals surface area contributed by atoms with Gasteiger partial charge in [-0.2, -0.15) is 88.6 Å². The molecule has 1 fully saturated rings. The van der Waals surface area contributed by atoms with Gasteiger partial charge in [0, 0.05) is 0 Å². The first-order valence-corrected chi connectivity index (χ1v) is 16.2. The van der Waals surface area contributed by atoms with Crippen LogP contribution in [0.15, 0.2) is 24.3 Å². The molecule has 0 atom stereocenters. The summed E-state index contributed by atoms with van der Waals surface area (Å²) in [6, 6.07) is 0. The second-order valence-corrected chi connectivity index (χ2v) is 9.10. The fraction of sp³-hybridized carbons (Fsp3) is 0.857. The molecule has 8 nitrogen and oxygen atoms in total. The van der Waals surface area contributed by atoms with E-state index in [-0.39, 0.29) is 59.1 Å². The Morgan fingerprint density at radius 3 is 1.04 bits per heavy atom. The van der Waals surface area contributed by atoms with E-state index in [4.69, 9.17) is 0 Å². The van der Waals surface area contributed by atoms with Crippen LogP contribution in [0, 0.1) is 19.3 Å². The third-order valence-corrected chi connectivity index (χ3v) is 5.69. The predicted octanol–water partition coefficient (Wildman–Crippen LogP) is 10.4. The molecule has 0 radical (unpaired) electrons. The molecule has 2 rings (SSSR count). The van der Waals surface area contributed by atoms with Crippen LogP contribution >= 0.6 is 0 Å². The van der Waals surface area contributed by atoms with Gasteiger partial charge in [-0.05, 0) is 31.8 Å². The minimum absolute atomic E-state index is 0. The van der Waals surface area contributed by atoms with Crippen LogP contribution in [0.25, 0.3) is 37.2 Å². The van der Waals surface area contributed by atoms with E-state index in [2.05, 4.69) is 66.8 Å². The molecule has 1 N–H and O–H groups in total. The van der Waals surface area contributed by atoms with E-state index >= 15 is 0 Å². The topological polar surface area (TPSA) is 111 Å². The van der Waals surface area contributed by atoms with E-state index < -0.39 is 0 Å². The van der Waals surface area contributed by atoms with Gasteiger partial charge in [0.15, 0.2) is 0 Å². The van der Waals surface area contributed by atoms with E-state index in [1.165, 1.54) is 38.5 Å². The molecular weight excluding hydrogens is 889 g/mol. The normalized spacial score (nSPS) is 11.7. The Morgan fingerprint density at radius 1 is 0.533 bits per heavy atom. The van der Waals surface area contributed by atoms with E-state index in [0.29, 0.717) is 5.92 Å². The zero-order valence-electron chi connectivity index (χ0n) is 33.0. The number of nitrogens with zero attached hydrogens (tertiary/aromatic N) is 7. The summed E-state index contributed by atoms with van der Waals surface area (Å²) in [5.41, 5.74) is 0. The summed E-state index contributed by atoms with van der Waals surface area (Å²) < 4.78 is 0. The second-order valence-electron chi connectivity index (χ2n) is 9.10. The SMILES string of the molecule is CC[N-]C.CC[N-]C.CC[N-]C.CC[N-]C.CC[N-]C.CC[N-]C.CNCCC1C=CC=C1.C[N-]CCC1CCCC1.[CH3-].[Hf+4].[Hf+4]. The van der Waals surface area contributed by atoms with Crippen molar-refractivity contribution in [1.29, 1.82) is 0 Å². The van der Waals surface area contributed by atoms with Crippen LogP contribution < -0.4 is 5.32 Å². The molecule has 2 aliphatic rings. The molecule has 2 aliphatic carbocycles. The van der Waals surface area contributed by atoms with Crippen LogP contribution in [-0.4, -0.2) is 109 Å². The van der Waals surface area contributed by atoms with E-state index in [0.717, 1.165) is 58.3 Å². The molecule has 0 aromatic heterocycles. The van der Waals surface area contributed by atoms with Crippen LogP contribution in [0.4, 0.5) is 0 Å². The summed E-state index contributed by atoms with van der Waals surface area (Å²) in [7, 11) is 14.7. The van der Waals surface area contributed by atoms with Crippen LogP contribution in [0.5, 0.6) is 0 Å². The van der Waals surface area contributed by atoms with Crippen molar-refractivity contribution in [3.63, 3.8) is 0 Å². The maximum Gasteiger partial charge on any atom is 4.00 e. The molecular formula is C35H80Hf2N8. The Hall–Kier alpha value is 0.900. The molecule has 0 aromatic rings. The summed E-state index contributed by atoms with van der Waals surface area (Å²) in [6.07, 6.45) is 17.1. The van der Waals surface area contributed by atoms with Gasteiger partial charge in [-0.15, -0.1) is 6.54 Å². The minimum atomic E-state index is 0. The van der Waals surface area contributed by atoms with Gasteiger partial charge in [0.05, 0.1) is 0 Å². The first-order valence-electron chi connectivity index (χ1n) is 16.2. The Morgan fingerprint density at radius 2 is 0.822 bits per heavy atom. The van der Waals surface area contributed by atoms with Crippen molar-refractivity contribution >= 4 is 0 Å². The molecule has 0 aromatic carbocycles. The van der Waals surface area contributed by atoms with E-state index in [1.807, 2.05) is 55.6 Å². The average molecular weight is 970 g/mol. The smallest absolute Gasteiger partial charge is 0.665 e. The maximum atomic E-state index is 4.10. The Kier molecular flexibility index (Phi) is 121. The zero-order chi connectivity index (χ0) is 33.5. The Bertz CT molecular complexity index is 371. The van der Waals surface area contributed by atoms with E-state index in [9.17, 15) is 0 Å². The zero-order valence-corrected chi connectivity index (χ0v) is 40.2. The van der Waals surface area contributed by atoms with Crippen LogP contribution in [0.1, 0.15) is 80.1 Å². The molecule has 10 heteroatoms. The number of allylic oxidation sites excluding steroid dienone is 4. The molecule has 0 bridgehead atoms. The van der Waals surface area contributed by atoms with Gasteiger partial charge >= 0.3 is 51.7 Å². The van der Waals surface area contributed by atoms with Gasteiger partial charge in [0.2, 0.25) is 0 Å². The number of hydrogen-bond acceptors (Lipinski definition) is 1. The summed E-state index contributed by atoms with van der Waals surface area (Å²) >= 11 is 0. The second kappa shape index (κ2) is 79.9. The molecule has 0 unspecified atom stereocenters. The van der Waals surface area contributed by atoms with Crippen molar-refractivity contribution < 1.29 is 51.7 Å². The van der Waals surface area contributed by atoms with Crippen LogP contribution in [0.2, 0.25) is 0 Å². The molecule has 0 aliphatic heterocycles.